The average molecular weight is 604 g/mol. The molecule has 42 heavy (non-hydrogen) atoms. The van der Waals surface area contributed by atoms with E-state index in [4.69, 9.17) is 14.2 Å². The topological polar surface area (TPSA) is 201 Å². The summed E-state index contributed by atoms with van der Waals surface area (Å²) < 4.78 is 16.2. The Hall–Kier alpha value is -3.30. The third kappa shape index (κ3) is 8.38. The molecule has 3 N–H and O–H groups in total. The molecule has 15 heteroatoms. The highest BCUT2D eigenvalue weighted by Crippen LogP contribution is 2.20. The highest BCUT2D eigenvalue weighted by Gasteiger charge is 2.43. The normalized spacial score (nSPS) is 28.2. The fourth-order valence-corrected chi connectivity index (χ4v) is 4.15. The number of nitrogens with zero attached hydrogens (tertiary/aromatic N) is 3. The van der Waals surface area contributed by atoms with Gasteiger partial charge in [0.15, 0.2) is 36.4 Å². The Morgan fingerprint density at radius 3 is 0.833 bits per heavy atom. The van der Waals surface area contributed by atoms with Gasteiger partial charge in [-0.25, -0.2) is 14.4 Å². The summed E-state index contributed by atoms with van der Waals surface area (Å²) in [4.78, 5) is 82.1. The highest BCUT2D eigenvalue weighted by molar-refractivity contribution is 5.94. The lowest BCUT2D eigenvalue weighted by Crippen LogP contribution is -2.57. The molecule has 1 heterocycles. The first-order valence-corrected chi connectivity index (χ1v) is 13.7. The van der Waals surface area contributed by atoms with Gasteiger partial charge < -0.3 is 44.2 Å². The van der Waals surface area contributed by atoms with Gasteiger partial charge in [-0.1, -0.05) is 41.5 Å². The summed E-state index contributed by atoms with van der Waals surface area (Å²) in [6.07, 6.45) is -4.50. The average Bonchev–Trinajstić information content (AvgIpc) is 2.92. The first-order chi connectivity index (χ1) is 19.5. The van der Waals surface area contributed by atoms with Crippen molar-refractivity contribution >= 4 is 35.6 Å². The zero-order chi connectivity index (χ0) is 32.6. The molecule has 1 saturated heterocycles. The molecule has 0 aromatic heterocycles. The molecule has 0 aliphatic carbocycles. The summed E-state index contributed by atoms with van der Waals surface area (Å²) in [6.45, 7) is 6.60. The van der Waals surface area contributed by atoms with Gasteiger partial charge in [-0.05, 0) is 17.8 Å². The molecule has 0 aromatic carbocycles. The fraction of sp³-hybridized carbons (Fsp3) is 0.778. The van der Waals surface area contributed by atoms with Crippen molar-refractivity contribution in [2.45, 2.75) is 78.0 Å². The van der Waals surface area contributed by atoms with Crippen LogP contribution in [0.2, 0.25) is 0 Å². The maximum absolute atomic E-state index is 13.4. The second-order valence-electron chi connectivity index (χ2n) is 11.2. The van der Waals surface area contributed by atoms with Gasteiger partial charge in [-0.15, -0.1) is 0 Å². The van der Waals surface area contributed by atoms with Crippen LogP contribution in [0.25, 0.3) is 0 Å². The lowest BCUT2D eigenvalue weighted by molar-refractivity contribution is -0.181. The predicted octanol–water partition coefficient (Wildman–Crippen LogP) is -1.84. The summed E-state index contributed by atoms with van der Waals surface area (Å²) in [5, 5.41) is 30.0. The lowest BCUT2D eigenvalue weighted by atomic mass is 10.0. The first kappa shape index (κ1) is 36.7. The van der Waals surface area contributed by atoms with Gasteiger partial charge >= 0.3 is 17.9 Å². The molecular weight excluding hydrogens is 558 g/mol. The van der Waals surface area contributed by atoms with Gasteiger partial charge in [-0.2, -0.15) is 0 Å². The van der Waals surface area contributed by atoms with Crippen molar-refractivity contribution in [2.24, 2.45) is 17.8 Å². The number of carbonyl (C=O) groups is 6. The molecule has 3 amide bonds. The van der Waals surface area contributed by atoms with Crippen LogP contribution < -0.4 is 0 Å². The van der Waals surface area contributed by atoms with E-state index in [1.165, 1.54) is 21.1 Å². The summed E-state index contributed by atoms with van der Waals surface area (Å²) >= 11 is 0. The summed E-state index contributed by atoms with van der Waals surface area (Å²) in [5.74, 6) is -8.06. The largest absolute Gasteiger partial charge is 0.450 e. The van der Waals surface area contributed by atoms with Crippen LogP contribution in [0.3, 0.4) is 0 Å². The number of hydrogen-bond donors (Lipinski definition) is 3. The number of likely N-dealkylation sites (N-methyl/N-ethyl adjacent to an activating group) is 3. The number of ether oxygens (including phenoxy) is 3. The van der Waals surface area contributed by atoms with Crippen LogP contribution in [0.5, 0.6) is 0 Å². The highest BCUT2D eigenvalue weighted by atomic mass is 16.6. The number of aliphatic hydroxyl groups is 3. The lowest BCUT2D eigenvalue weighted by Gasteiger charge is -2.35. The van der Waals surface area contributed by atoms with E-state index >= 15 is 0 Å². The van der Waals surface area contributed by atoms with Crippen molar-refractivity contribution in [3.8, 4) is 0 Å². The number of cyclic esters (lactones) is 3. The van der Waals surface area contributed by atoms with Crippen molar-refractivity contribution in [2.75, 3.05) is 41.0 Å². The molecule has 0 spiro atoms. The van der Waals surface area contributed by atoms with E-state index in [1.54, 1.807) is 41.5 Å². The molecule has 0 bridgehead atoms. The second-order valence-corrected chi connectivity index (χ2v) is 11.2. The molecule has 6 atom stereocenters. The number of carbonyl (C=O) groups excluding carboxylic acids is 6. The zero-order valence-corrected chi connectivity index (χ0v) is 25.7. The minimum absolute atomic E-state index is 0.649. The van der Waals surface area contributed by atoms with E-state index < -0.39 is 110 Å². The van der Waals surface area contributed by atoms with Gasteiger partial charge in [0.1, 0.15) is 0 Å². The van der Waals surface area contributed by atoms with Crippen molar-refractivity contribution in [1.29, 1.82) is 0 Å². The Morgan fingerprint density at radius 1 is 0.500 bits per heavy atom. The molecule has 1 rings (SSSR count). The number of esters is 3. The van der Waals surface area contributed by atoms with Crippen molar-refractivity contribution < 1.29 is 58.3 Å². The van der Waals surface area contributed by atoms with E-state index in [0.717, 1.165) is 14.7 Å². The van der Waals surface area contributed by atoms with Crippen molar-refractivity contribution in [1.82, 2.24) is 14.7 Å². The Balaban J connectivity index is 3.76. The van der Waals surface area contributed by atoms with Crippen LogP contribution in [0.15, 0.2) is 0 Å². The second kappa shape index (κ2) is 15.8. The van der Waals surface area contributed by atoms with Gasteiger partial charge in [0.2, 0.25) is 0 Å². The first-order valence-electron chi connectivity index (χ1n) is 13.7. The molecule has 1 aliphatic rings. The number of aliphatic hydroxyl groups excluding tert-OH is 3. The molecule has 0 saturated carbocycles. The molecule has 0 unspecified atom stereocenters. The van der Waals surface area contributed by atoms with Gasteiger partial charge in [0.25, 0.3) is 17.7 Å². The molecule has 15 nitrogen and oxygen atoms in total. The third-order valence-electron chi connectivity index (χ3n) is 7.06. The smallest absolute Gasteiger partial charge is 0.332 e. The van der Waals surface area contributed by atoms with E-state index in [1.807, 2.05) is 0 Å². The molecule has 0 radical (unpaired) electrons. The van der Waals surface area contributed by atoms with E-state index in [0.29, 0.717) is 0 Å². The van der Waals surface area contributed by atoms with Crippen LogP contribution in [-0.4, -0.2) is 143 Å². The Labute approximate surface area is 245 Å². The number of rotatable bonds is 6. The van der Waals surface area contributed by atoms with E-state index in [9.17, 15) is 44.1 Å². The number of hydrogen-bond acceptors (Lipinski definition) is 12. The van der Waals surface area contributed by atoms with Crippen LogP contribution in [0.4, 0.5) is 0 Å². The maximum Gasteiger partial charge on any atom is 0.332 e. The summed E-state index contributed by atoms with van der Waals surface area (Å²) in [7, 11) is 3.53. The molecule has 1 fully saturated rings. The van der Waals surface area contributed by atoms with Gasteiger partial charge in [-0.3, -0.25) is 14.4 Å². The number of amides is 3. The third-order valence-corrected chi connectivity index (χ3v) is 7.06. The summed E-state index contributed by atoms with van der Waals surface area (Å²) in [5.41, 5.74) is 0. The van der Waals surface area contributed by atoms with Crippen LogP contribution in [0, 0.1) is 17.8 Å². The monoisotopic (exact) mass is 603 g/mol. The van der Waals surface area contributed by atoms with Crippen LogP contribution >= 0.6 is 0 Å². The van der Waals surface area contributed by atoms with Gasteiger partial charge in [0, 0.05) is 21.1 Å². The Kier molecular flexibility index (Phi) is 13.8. The maximum atomic E-state index is 13.4. The molecule has 240 valence electrons. The fourth-order valence-electron chi connectivity index (χ4n) is 4.15. The molecule has 1 aliphatic heterocycles. The Morgan fingerprint density at radius 2 is 0.690 bits per heavy atom. The van der Waals surface area contributed by atoms with Crippen molar-refractivity contribution in [3.05, 3.63) is 0 Å². The minimum Gasteiger partial charge on any atom is -0.450 e. The standard InChI is InChI=1S/C27H45N3O12/c1-13(2)19-22(34)28(7)17(11-32)26(38)41-21(15(5)6)24(36)30(9)18(12-33)27(39)42-20(14(3)4)23(35)29(8)16(10-31)25(37)40-19/h13-21,31-33H,10-12H2,1-9H3/t16-,17-,18-,19+,20+,21+/m0/s1. The van der Waals surface area contributed by atoms with Gasteiger partial charge in [0.05, 0.1) is 19.8 Å². The quantitative estimate of drug-likeness (QED) is 0.227. The van der Waals surface area contributed by atoms with Crippen molar-refractivity contribution in [3.63, 3.8) is 0 Å². The van der Waals surface area contributed by atoms with E-state index in [2.05, 4.69) is 0 Å². The predicted molar refractivity (Wildman–Crippen MR) is 145 cm³/mol. The molecular formula is C27H45N3O12. The minimum atomic E-state index is -1.61. The van der Waals surface area contributed by atoms with Crippen LogP contribution in [0.1, 0.15) is 41.5 Å². The zero-order valence-electron chi connectivity index (χ0n) is 25.7. The van der Waals surface area contributed by atoms with E-state index in [-0.39, 0.29) is 0 Å². The molecule has 0 aromatic rings. The SMILES string of the molecule is CC(C)[C@H]1OC(=O)[C@H](CO)N(C)C(=O)[C@@H](C(C)C)OC(=O)[C@H](CO)N(C)C(=O)[C@@H](C(C)C)OC(=O)[C@H](CO)N(C)C1=O. The van der Waals surface area contributed by atoms with Crippen LogP contribution in [-0.2, 0) is 43.0 Å². The Bertz CT molecular complexity index is 877. The summed E-state index contributed by atoms with van der Waals surface area (Å²) in [6, 6.07) is -4.84.